The van der Waals surface area contributed by atoms with E-state index in [0.29, 0.717) is 12.1 Å². The molecule has 2 aliphatic rings. The molecule has 2 heterocycles. The summed E-state index contributed by atoms with van der Waals surface area (Å²) in [6.07, 6.45) is 5.54. The molecule has 0 spiro atoms. The van der Waals surface area contributed by atoms with Crippen LogP contribution in [0.5, 0.6) is 0 Å². The van der Waals surface area contributed by atoms with Crippen LogP contribution in [-0.2, 0) is 0 Å². The fourth-order valence-corrected chi connectivity index (χ4v) is 4.23. The van der Waals surface area contributed by atoms with Crippen LogP contribution in [0.4, 0.5) is 5.69 Å². The number of nitrogens with zero attached hydrogens (tertiary/aromatic N) is 3. The summed E-state index contributed by atoms with van der Waals surface area (Å²) in [4.78, 5) is 7.60. The molecule has 4 nitrogen and oxygen atoms in total. The highest BCUT2D eigenvalue weighted by Crippen LogP contribution is 2.26. The molecule has 0 aliphatic carbocycles. The number of likely N-dealkylation sites (tertiary alicyclic amines) is 1. The van der Waals surface area contributed by atoms with Gasteiger partial charge in [0.15, 0.2) is 0 Å². The maximum Gasteiger partial charge on any atom is 0.0476 e. The zero-order chi connectivity index (χ0) is 17.6. The van der Waals surface area contributed by atoms with Crippen molar-refractivity contribution in [1.29, 1.82) is 0 Å². The van der Waals surface area contributed by atoms with E-state index in [-0.39, 0.29) is 0 Å². The third-order valence-electron chi connectivity index (χ3n) is 5.77. The van der Waals surface area contributed by atoms with Gasteiger partial charge in [-0.2, -0.15) is 0 Å². The van der Waals surface area contributed by atoms with Gasteiger partial charge in [0.2, 0.25) is 0 Å². The first kappa shape index (κ1) is 18.7. The molecule has 4 heteroatoms. The summed E-state index contributed by atoms with van der Waals surface area (Å²) in [5.74, 6) is 0. The molecule has 0 radical (unpaired) electrons. The number of hydrogen-bond donors (Lipinski definition) is 1. The Hall–Kier alpha value is -1.10. The highest BCUT2D eigenvalue weighted by atomic mass is 15.3. The summed E-state index contributed by atoms with van der Waals surface area (Å²) < 4.78 is 0. The second kappa shape index (κ2) is 9.02. The fourth-order valence-electron chi connectivity index (χ4n) is 4.23. The number of nitrogens with one attached hydrogen (secondary N) is 1. The Kier molecular flexibility index (Phi) is 6.74. The van der Waals surface area contributed by atoms with Gasteiger partial charge in [-0.1, -0.05) is 25.0 Å². The van der Waals surface area contributed by atoms with Gasteiger partial charge in [-0.3, -0.25) is 4.90 Å². The van der Waals surface area contributed by atoms with E-state index in [0.717, 1.165) is 19.6 Å². The van der Waals surface area contributed by atoms with Crippen molar-refractivity contribution in [2.24, 2.45) is 0 Å². The van der Waals surface area contributed by atoms with Crippen molar-refractivity contribution < 1.29 is 0 Å². The van der Waals surface area contributed by atoms with Crippen molar-refractivity contribution in [3.63, 3.8) is 0 Å². The highest BCUT2D eigenvalue weighted by Gasteiger charge is 2.27. The quantitative estimate of drug-likeness (QED) is 0.886. The topological polar surface area (TPSA) is 21.8 Å². The lowest BCUT2D eigenvalue weighted by molar-refractivity contribution is 0.110. The Labute approximate surface area is 154 Å². The monoisotopic (exact) mass is 344 g/mol. The van der Waals surface area contributed by atoms with E-state index in [4.69, 9.17) is 0 Å². The van der Waals surface area contributed by atoms with E-state index in [9.17, 15) is 0 Å². The predicted octanol–water partition coefficient (Wildman–Crippen LogP) is 2.96. The van der Waals surface area contributed by atoms with Crippen molar-refractivity contribution in [2.45, 2.75) is 44.7 Å². The molecule has 1 N–H and O–H groups in total. The summed E-state index contributed by atoms with van der Waals surface area (Å²) in [6.45, 7) is 9.43. The van der Waals surface area contributed by atoms with Gasteiger partial charge in [0.05, 0.1) is 0 Å². The first-order valence-electron chi connectivity index (χ1n) is 10.1. The molecule has 2 fully saturated rings. The van der Waals surface area contributed by atoms with Gasteiger partial charge in [-0.25, -0.2) is 0 Å². The van der Waals surface area contributed by atoms with Gasteiger partial charge >= 0.3 is 0 Å². The van der Waals surface area contributed by atoms with Gasteiger partial charge < -0.3 is 15.1 Å². The Morgan fingerprint density at radius 1 is 1.04 bits per heavy atom. The van der Waals surface area contributed by atoms with Crippen LogP contribution >= 0.6 is 0 Å². The Balaban J connectivity index is 1.77. The van der Waals surface area contributed by atoms with Crippen LogP contribution in [0, 0.1) is 0 Å². The van der Waals surface area contributed by atoms with E-state index >= 15 is 0 Å². The Morgan fingerprint density at radius 2 is 1.72 bits per heavy atom. The molecule has 140 valence electrons. The van der Waals surface area contributed by atoms with Gasteiger partial charge in [0.25, 0.3) is 0 Å². The largest absolute Gasteiger partial charge is 0.378 e. The standard InChI is InChI=1S/C21H36N4/c1-18-16-25(15-12-22-18)21(17-24-13-6-4-5-7-14-24)19-8-10-20(11-9-19)23(2)3/h8-11,18,21-22H,4-7,12-17H2,1-3H3. The second-order valence-corrected chi connectivity index (χ2v) is 8.07. The zero-order valence-corrected chi connectivity index (χ0v) is 16.4. The SMILES string of the molecule is CC1CN(C(CN2CCCCCC2)c2ccc(N(C)C)cc2)CCN1. The molecule has 2 unspecified atom stereocenters. The molecule has 0 bridgehead atoms. The van der Waals surface area contributed by atoms with Crippen LogP contribution in [0.15, 0.2) is 24.3 Å². The lowest BCUT2D eigenvalue weighted by Crippen LogP contribution is -2.52. The third kappa shape index (κ3) is 5.19. The predicted molar refractivity (Wildman–Crippen MR) is 107 cm³/mol. The van der Waals surface area contributed by atoms with Crippen LogP contribution in [-0.4, -0.2) is 69.2 Å². The summed E-state index contributed by atoms with van der Waals surface area (Å²) in [6, 6.07) is 10.3. The maximum absolute atomic E-state index is 3.59. The van der Waals surface area contributed by atoms with Gasteiger partial charge in [-0.05, 0) is 50.6 Å². The molecule has 3 rings (SSSR count). The van der Waals surface area contributed by atoms with Crippen LogP contribution in [0.3, 0.4) is 0 Å². The molecular formula is C21H36N4. The summed E-state index contributed by atoms with van der Waals surface area (Å²) >= 11 is 0. The lowest BCUT2D eigenvalue weighted by atomic mass is 10.0. The van der Waals surface area contributed by atoms with E-state index in [2.05, 4.69) is 65.3 Å². The molecule has 1 aromatic carbocycles. The summed E-state index contributed by atoms with van der Waals surface area (Å²) in [7, 11) is 4.23. The minimum absolute atomic E-state index is 0.513. The van der Waals surface area contributed by atoms with Crippen molar-refractivity contribution in [3.8, 4) is 0 Å². The van der Waals surface area contributed by atoms with Gasteiger partial charge in [0.1, 0.15) is 0 Å². The van der Waals surface area contributed by atoms with E-state index in [1.165, 1.54) is 56.6 Å². The van der Waals surface area contributed by atoms with E-state index < -0.39 is 0 Å². The lowest BCUT2D eigenvalue weighted by Gasteiger charge is -2.40. The molecule has 0 saturated carbocycles. The van der Waals surface area contributed by atoms with Crippen LogP contribution < -0.4 is 10.2 Å². The molecule has 2 aliphatic heterocycles. The van der Waals surface area contributed by atoms with Crippen LogP contribution in [0.1, 0.15) is 44.2 Å². The number of piperazine rings is 1. The van der Waals surface area contributed by atoms with Gasteiger partial charge in [0, 0.05) is 58.0 Å². The number of rotatable bonds is 5. The molecule has 1 aromatic rings. The minimum atomic E-state index is 0.513. The zero-order valence-electron chi connectivity index (χ0n) is 16.4. The molecule has 0 amide bonds. The summed E-state index contributed by atoms with van der Waals surface area (Å²) in [5, 5.41) is 3.59. The van der Waals surface area contributed by atoms with Crippen molar-refractivity contribution in [2.75, 3.05) is 58.3 Å². The van der Waals surface area contributed by atoms with E-state index in [1.807, 2.05) is 0 Å². The molecule has 0 aromatic heterocycles. The van der Waals surface area contributed by atoms with Crippen molar-refractivity contribution in [3.05, 3.63) is 29.8 Å². The van der Waals surface area contributed by atoms with Gasteiger partial charge in [-0.15, -0.1) is 0 Å². The third-order valence-corrected chi connectivity index (χ3v) is 5.77. The molecule has 25 heavy (non-hydrogen) atoms. The van der Waals surface area contributed by atoms with Crippen LogP contribution in [0.25, 0.3) is 0 Å². The number of hydrogen-bond acceptors (Lipinski definition) is 4. The molecule has 2 saturated heterocycles. The smallest absolute Gasteiger partial charge is 0.0476 e. The maximum atomic E-state index is 3.59. The molecular weight excluding hydrogens is 308 g/mol. The number of anilines is 1. The normalized spacial score (nSPS) is 24.7. The van der Waals surface area contributed by atoms with Crippen molar-refractivity contribution >= 4 is 5.69 Å². The highest BCUT2D eigenvalue weighted by molar-refractivity contribution is 5.46. The fraction of sp³-hybridized carbons (Fsp3) is 0.714. The summed E-state index contributed by atoms with van der Waals surface area (Å²) in [5.41, 5.74) is 2.76. The first-order valence-corrected chi connectivity index (χ1v) is 10.1. The molecule has 2 atom stereocenters. The van der Waals surface area contributed by atoms with Crippen LogP contribution in [0.2, 0.25) is 0 Å². The average molecular weight is 345 g/mol. The average Bonchev–Trinajstić information content (AvgIpc) is 2.88. The van der Waals surface area contributed by atoms with E-state index in [1.54, 1.807) is 0 Å². The number of benzene rings is 1. The van der Waals surface area contributed by atoms with Crippen molar-refractivity contribution in [1.82, 2.24) is 15.1 Å². The Bertz CT molecular complexity index is 505. The first-order chi connectivity index (χ1) is 12.1. The Morgan fingerprint density at radius 3 is 2.32 bits per heavy atom. The minimum Gasteiger partial charge on any atom is -0.378 e. The second-order valence-electron chi connectivity index (χ2n) is 8.07.